The molecule has 0 aromatic heterocycles. The summed E-state index contributed by atoms with van der Waals surface area (Å²) in [6.45, 7) is 0. The predicted molar refractivity (Wildman–Crippen MR) is 52.2 cm³/mol. The number of hydrogen-bond donors (Lipinski definition) is 2. The molecule has 66 valence electrons. The lowest BCUT2D eigenvalue weighted by Gasteiger charge is -2.06. The molecule has 0 aliphatic heterocycles. The fourth-order valence-electron chi connectivity index (χ4n) is 1.23. The second kappa shape index (κ2) is 2.98. The van der Waals surface area contributed by atoms with Crippen LogP contribution in [0.15, 0.2) is 18.2 Å². The Hall–Kier alpha value is -1.69. The van der Waals surface area contributed by atoms with Gasteiger partial charge in [0.25, 0.3) is 0 Å². The van der Waals surface area contributed by atoms with E-state index in [1.807, 2.05) is 12.1 Å². The van der Waals surface area contributed by atoms with Crippen molar-refractivity contribution in [2.45, 2.75) is 18.9 Å². The molecule has 0 amide bonds. The van der Waals surface area contributed by atoms with E-state index in [1.165, 1.54) is 12.8 Å². The first kappa shape index (κ1) is 7.93. The molecule has 1 aromatic carbocycles. The zero-order chi connectivity index (χ0) is 9.26. The van der Waals surface area contributed by atoms with Gasteiger partial charge in [-0.15, -0.1) is 0 Å². The molecule has 1 aliphatic rings. The first-order chi connectivity index (χ1) is 6.29. The molecule has 1 aromatic rings. The highest BCUT2D eigenvalue weighted by Gasteiger charge is 2.21. The minimum absolute atomic E-state index is 0.565. The van der Waals surface area contributed by atoms with Crippen LogP contribution in [0.5, 0.6) is 0 Å². The molecular formula is C10H11N3. The number of hydrogen-bond acceptors (Lipinski definition) is 3. The Morgan fingerprint density at radius 1 is 1.46 bits per heavy atom. The van der Waals surface area contributed by atoms with Crippen LogP contribution in [0.3, 0.4) is 0 Å². The maximum atomic E-state index is 8.83. The highest BCUT2D eigenvalue weighted by Crippen LogP contribution is 2.27. The third-order valence-corrected chi connectivity index (χ3v) is 2.10. The SMILES string of the molecule is N#Cc1cc(N)ccc1NC1CC1. The van der Waals surface area contributed by atoms with Gasteiger partial charge >= 0.3 is 0 Å². The van der Waals surface area contributed by atoms with Gasteiger partial charge in [0.1, 0.15) is 6.07 Å². The van der Waals surface area contributed by atoms with E-state index >= 15 is 0 Å². The van der Waals surface area contributed by atoms with Gasteiger partial charge in [-0.25, -0.2) is 0 Å². The lowest BCUT2D eigenvalue weighted by atomic mass is 10.1. The number of nitrogens with one attached hydrogen (secondary N) is 1. The van der Waals surface area contributed by atoms with Crippen LogP contribution in [0, 0.1) is 11.3 Å². The normalized spacial score (nSPS) is 15.0. The van der Waals surface area contributed by atoms with Crippen molar-refractivity contribution in [2.75, 3.05) is 11.1 Å². The molecule has 13 heavy (non-hydrogen) atoms. The summed E-state index contributed by atoms with van der Waals surface area (Å²) in [5, 5.41) is 12.1. The van der Waals surface area contributed by atoms with E-state index in [9.17, 15) is 0 Å². The third-order valence-electron chi connectivity index (χ3n) is 2.10. The molecule has 0 unspecified atom stereocenters. The molecule has 1 fully saturated rings. The molecule has 0 spiro atoms. The second-order valence-electron chi connectivity index (χ2n) is 3.34. The monoisotopic (exact) mass is 173 g/mol. The van der Waals surface area contributed by atoms with Crippen LogP contribution >= 0.6 is 0 Å². The molecular weight excluding hydrogens is 162 g/mol. The Kier molecular flexibility index (Phi) is 1.82. The van der Waals surface area contributed by atoms with Crippen LogP contribution in [-0.2, 0) is 0 Å². The standard InChI is InChI=1S/C10H11N3/c11-6-7-5-8(12)1-4-10(7)13-9-2-3-9/h1,4-5,9,13H,2-3,12H2. The van der Waals surface area contributed by atoms with Crippen molar-refractivity contribution in [3.8, 4) is 6.07 Å². The zero-order valence-electron chi connectivity index (χ0n) is 7.25. The largest absolute Gasteiger partial charge is 0.399 e. The fraction of sp³-hybridized carbons (Fsp3) is 0.300. The second-order valence-corrected chi connectivity index (χ2v) is 3.34. The average molecular weight is 173 g/mol. The van der Waals surface area contributed by atoms with Crippen molar-refractivity contribution < 1.29 is 0 Å². The van der Waals surface area contributed by atoms with Gasteiger partial charge in [0.15, 0.2) is 0 Å². The smallest absolute Gasteiger partial charge is 0.101 e. The number of anilines is 2. The highest BCUT2D eigenvalue weighted by atomic mass is 15.0. The van der Waals surface area contributed by atoms with Crippen molar-refractivity contribution in [3.63, 3.8) is 0 Å². The van der Waals surface area contributed by atoms with Crippen LogP contribution in [0.1, 0.15) is 18.4 Å². The van der Waals surface area contributed by atoms with E-state index in [0.717, 1.165) is 5.69 Å². The summed E-state index contributed by atoms with van der Waals surface area (Å²) < 4.78 is 0. The van der Waals surface area contributed by atoms with E-state index in [1.54, 1.807) is 6.07 Å². The molecule has 3 heteroatoms. The summed E-state index contributed by atoms with van der Waals surface area (Å²) in [5.41, 5.74) is 7.74. The lowest BCUT2D eigenvalue weighted by molar-refractivity contribution is 1.15. The number of rotatable bonds is 2. The van der Waals surface area contributed by atoms with E-state index in [0.29, 0.717) is 17.3 Å². The van der Waals surface area contributed by atoms with E-state index in [-0.39, 0.29) is 0 Å². The lowest BCUT2D eigenvalue weighted by Crippen LogP contribution is -2.03. The van der Waals surface area contributed by atoms with Crippen molar-refractivity contribution in [1.29, 1.82) is 5.26 Å². The molecule has 0 saturated heterocycles. The Morgan fingerprint density at radius 2 is 2.23 bits per heavy atom. The summed E-state index contributed by atoms with van der Waals surface area (Å²) in [4.78, 5) is 0. The van der Waals surface area contributed by atoms with Crippen molar-refractivity contribution in [3.05, 3.63) is 23.8 Å². The van der Waals surface area contributed by atoms with Gasteiger partial charge in [0.2, 0.25) is 0 Å². The summed E-state index contributed by atoms with van der Waals surface area (Å²) in [5.74, 6) is 0. The van der Waals surface area contributed by atoms with Gasteiger partial charge in [0, 0.05) is 11.7 Å². The van der Waals surface area contributed by atoms with Crippen LogP contribution in [-0.4, -0.2) is 6.04 Å². The van der Waals surface area contributed by atoms with Gasteiger partial charge in [-0.2, -0.15) is 5.26 Å². The van der Waals surface area contributed by atoms with Crippen LogP contribution in [0.4, 0.5) is 11.4 Å². The Balaban J connectivity index is 2.27. The third kappa shape index (κ3) is 1.73. The van der Waals surface area contributed by atoms with Gasteiger partial charge < -0.3 is 11.1 Å². The number of nitrogens with two attached hydrogens (primary N) is 1. The van der Waals surface area contributed by atoms with E-state index in [2.05, 4.69) is 11.4 Å². The summed E-state index contributed by atoms with van der Waals surface area (Å²) in [6.07, 6.45) is 2.41. The number of benzene rings is 1. The molecule has 1 saturated carbocycles. The van der Waals surface area contributed by atoms with E-state index in [4.69, 9.17) is 11.0 Å². The van der Waals surface area contributed by atoms with Crippen LogP contribution in [0.2, 0.25) is 0 Å². The molecule has 3 nitrogen and oxygen atoms in total. The van der Waals surface area contributed by atoms with Crippen molar-refractivity contribution in [2.24, 2.45) is 0 Å². The van der Waals surface area contributed by atoms with Gasteiger partial charge in [0.05, 0.1) is 11.3 Å². The Bertz CT molecular complexity index is 361. The maximum Gasteiger partial charge on any atom is 0.101 e. The fourth-order valence-corrected chi connectivity index (χ4v) is 1.23. The first-order valence-electron chi connectivity index (χ1n) is 4.36. The van der Waals surface area contributed by atoms with Crippen LogP contribution < -0.4 is 11.1 Å². The van der Waals surface area contributed by atoms with Crippen molar-refractivity contribution in [1.82, 2.24) is 0 Å². The van der Waals surface area contributed by atoms with E-state index < -0.39 is 0 Å². The Morgan fingerprint density at radius 3 is 2.85 bits per heavy atom. The topological polar surface area (TPSA) is 61.8 Å². The number of nitrogen functional groups attached to an aromatic ring is 1. The molecule has 2 rings (SSSR count). The Labute approximate surface area is 77.2 Å². The average Bonchev–Trinajstić information content (AvgIpc) is 2.92. The van der Waals surface area contributed by atoms with Crippen LogP contribution in [0.25, 0.3) is 0 Å². The highest BCUT2D eigenvalue weighted by molar-refractivity contribution is 5.63. The number of nitriles is 1. The molecule has 1 aliphatic carbocycles. The molecule has 0 bridgehead atoms. The van der Waals surface area contributed by atoms with Gasteiger partial charge in [-0.1, -0.05) is 0 Å². The van der Waals surface area contributed by atoms with Gasteiger partial charge in [-0.05, 0) is 31.0 Å². The summed E-state index contributed by atoms with van der Waals surface area (Å²) in [6, 6.07) is 8.07. The molecule has 0 atom stereocenters. The molecule has 0 heterocycles. The first-order valence-corrected chi connectivity index (χ1v) is 4.36. The minimum Gasteiger partial charge on any atom is -0.399 e. The molecule has 0 radical (unpaired) electrons. The summed E-state index contributed by atoms with van der Waals surface area (Å²) >= 11 is 0. The van der Waals surface area contributed by atoms with Gasteiger partial charge in [-0.3, -0.25) is 0 Å². The minimum atomic E-state index is 0.565. The quantitative estimate of drug-likeness (QED) is 0.669. The zero-order valence-corrected chi connectivity index (χ0v) is 7.25. The summed E-state index contributed by atoms with van der Waals surface area (Å²) in [7, 11) is 0. The van der Waals surface area contributed by atoms with Crippen molar-refractivity contribution >= 4 is 11.4 Å². The molecule has 3 N–H and O–H groups in total. The maximum absolute atomic E-state index is 8.83. The predicted octanol–water partition coefficient (Wildman–Crippen LogP) is 1.71. The number of nitrogens with zero attached hydrogens (tertiary/aromatic N) is 1.